The molecule has 1 aromatic carbocycles. The Balaban J connectivity index is 2.19. The number of halogens is 1. The van der Waals surface area contributed by atoms with E-state index < -0.39 is 0 Å². The topological polar surface area (TPSA) is 58.6 Å². The monoisotopic (exact) mass is 333 g/mol. The zero-order chi connectivity index (χ0) is 16.5. The normalized spacial score (nSPS) is 10.9. The Labute approximate surface area is 142 Å². The molecule has 116 valence electrons. The summed E-state index contributed by atoms with van der Waals surface area (Å²) in [6.45, 7) is 0. The summed E-state index contributed by atoms with van der Waals surface area (Å²) in [4.78, 5) is 23.9. The molecule has 3 aromatic heterocycles. The van der Waals surface area contributed by atoms with Crippen LogP contribution in [-0.4, -0.2) is 15.0 Å². The molecular weight excluding hydrogens is 322 g/mol. The van der Waals surface area contributed by atoms with Gasteiger partial charge in [-0.05, 0) is 42.0 Å². The van der Waals surface area contributed by atoms with Crippen molar-refractivity contribution >= 4 is 22.5 Å². The molecule has 0 aliphatic rings. The average molecular weight is 334 g/mol. The molecule has 0 saturated carbocycles. The third kappa shape index (κ3) is 2.47. The summed E-state index contributed by atoms with van der Waals surface area (Å²) in [6.07, 6.45) is 6.78. The molecule has 24 heavy (non-hydrogen) atoms. The van der Waals surface area contributed by atoms with Gasteiger partial charge in [-0.25, -0.2) is 0 Å². The molecule has 0 unspecified atom stereocenters. The number of benzene rings is 1. The molecule has 0 spiro atoms. The van der Waals surface area contributed by atoms with Crippen molar-refractivity contribution in [1.82, 2.24) is 15.0 Å². The maximum Gasteiger partial charge on any atom is 0.256 e. The molecule has 0 aliphatic carbocycles. The van der Waals surface area contributed by atoms with Crippen molar-refractivity contribution in [3.8, 4) is 22.3 Å². The van der Waals surface area contributed by atoms with Crippen molar-refractivity contribution in [2.45, 2.75) is 0 Å². The van der Waals surface area contributed by atoms with Gasteiger partial charge in [0.25, 0.3) is 5.56 Å². The van der Waals surface area contributed by atoms with E-state index in [1.54, 1.807) is 30.9 Å². The van der Waals surface area contributed by atoms with Crippen molar-refractivity contribution in [2.24, 2.45) is 0 Å². The van der Waals surface area contributed by atoms with Crippen molar-refractivity contribution in [1.29, 1.82) is 0 Å². The number of nitrogens with one attached hydrogen (secondary N) is 1. The molecule has 0 bridgehead atoms. The highest BCUT2D eigenvalue weighted by atomic mass is 35.5. The van der Waals surface area contributed by atoms with Crippen LogP contribution >= 0.6 is 11.6 Å². The third-order valence-electron chi connectivity index (χ3n) is 3.90. The van der Waals surface area contributed by atoms with Crippen LogP contribution in [0.1, 0.15) is 0 Å². The number of pyridine rings is 3. The lowest BCUT2D eigenvalue weighted by Gasteiger charge is -2.13. The number of fused-ring (bicyclic) bond motifs is 1. The van der Waals surface area contributed by atoms with E-state index in [2.05, 4.69) is 15.0 Å². The zero-order valence-corrected chi connectivity index (χ0v) is 13.3. The Morgan fingerprint density at radius 1 is 0.875 bits per heavy atom. The lowest BCUT2D eigenvalue weighted by atomic mass is 9.93. The SMILES string of the molecule is O=c1[nH]c2ccc(Cl)cc2c(-c2ccncc2)c1-c1cccnc1. The summed E-state index contributed by atoms with van der Waals surface area (Å²) in [5.41, 5.74) is 3.64. The van der Waals surface area contributed by atoms with E-state index in [1.807, 2.05) is 36.4 Å². The number of hydrogen-bond acceptors (Lipinski definition) is 3. The highest BCUT2D eigenvalue weighted by molar-refractivity contribution is 6.31. The first-order chi connectivity index (χ1) is 11.7. The second-order valence-electron chi connectivity index (χ2n) is 5.37. The molecule has 4 nitrogen and oxygen atoms in total. The third-order valence-corrected chi connectivity index (χ3v) is 4.13. The minimum absolute atomic E-state index is 0.162. The van der Waals surface area contributed by atoms with Crippen LogP contribution in [0.25, 0.3) is 33.2 Å². The van der Waals surface area contributed by atoms with E-state index in [4.69, 9.17) is 11.6 Å². The summed E-state index contributed by atoms with van der Waals surface area (Å²) in [7, 11) is 0. The molecule has 4 aromatic rings. The van der Waals surface area contributed by atoms with Crippen LogP contribution in [0.3, 0.4) is 0 Å². The Hall–Kier alpha value is -2.98. The van der Waals surface area contributed by atoms with E-state index in [-0.39, 0.29) is 5.56 Å². The maximum absolute atomic E-state index is 12.8. The summed E-state index contributed by atoms with van der Waals surface area (Å²) in [5, 5.41) is 1.49. The highest BCUT2D eigenvalue weighted by Crippen LogP contribution is 2.35. The molecule has 0 amide bonds. The summed E-state index contributed by atoms with van der Waals surface area (Å²) in [6, 6.07) is 12.9. The fourth-order valence-electron chi connectivity index (χ4n) is 2.87. The predicted molar refractivity (Wildman–Crippen MR) is 96.0 cm³/mol. The molecule has 0 fully saturated rings. The maximum atomic E-state index is 12.8. The van der Waals surface area contributed by atoms with Crippen molar-refractivity contribution in [2.75, 3.05) is 0 Å². The Morgan fingerprint density at radius 2 is 1.71 bits per heavy atom. The van der Waals surface area contributed by atoms with Gasteiger partial charge in [-0.3, -0.25) is 14.8 Å². The molecule has 0 atom stereocenters. The molecule has 0 saturated heterocycles. The van der Waals surface area contributed by atoms with Crippen molar-refractivity contribution < 1.29 is 0 Å². The van der Waals surface area contributed by atoms with E-state index in [1.165, 1.54) is 0 Å². The van der Waals surface area contributed by atoms with Crippen molar-refractivity contribution in [3.05, 3.63) is 82.6 Å². The van der Waals surface area contributed by atoms with E-state index in [0.29, 0.717) is 10.6 Å². The second-order valence-corrected chi connectivity index (χ2v) is 5.81. The highest BCUT2D eigenvalue weighted by Gasteiger charge is 2.16. The number of rotatable bonds is 2. The molecule has 0 aliphatic heterocycles. The van der Waals surface area contributed by atoms with E-state index >= 15 is 0 Å². The Morgan fingerprint density at radius 3 is 2.46 bits per heavy atom. The van der Waals surface area contributed by atoms with Gasteiger partial charge in [0, 0.05) is 51.8 Å². The van der Waals surface area contributed by atoms with Gasteiger partial charge in [0.2, 0.25) is 0 Å². The standard InChI is InChI=1S/C19H12ClN3O/c20-14-3-4-16-15(10-14)17(12-5-8-21-9-6-12)18(19(24)23-16)13-2-1-7-22-11-13/h1-11H,(H,23,24). The minimum atomic E-state index is -0.162. The molecule has 3 heterocycles. The predicted octanol–water partition coefficient (Wildman–Crippen LogP) is 4.31. The zero-order valence-electron chi connectivity index (χ0n) is 12.5. The first-order valence-corrected chi connectivity index (χ1v) is 7.78. The van der Waals surface area contributed by atoms with Crippen LogP contribution in [0.2, 0.25) is 5.02 Å². The van der Waals surface area contributed by atoms with E-state index in [0.717, 1.165) is 27.6 Å². The minimum Gasteiger partial charge on any atom is -0.321 e. The quantitative estimate of drug-likeness (QED) is 0.594. The summed E-state index contributed by atoms with van der Waals surface area (Å²) < 4.78 is 0. The van der Waals surface area contributed by atoms with Gasteiger partial charge in [0.15, 0.2) is 0 Å². The number of H-pyrrole nitrogens is 1. The van der Waals surface area contributed by atoms with Crippen LogP contribution in [-0.2, 0) is 0 Å². The second kappa shape index (κ2) is 5.91. The van der Waals surface area contributed by atoms with Gasteiger partial charge in [-0.15, -0.1) is 0 Å². The first-order valence-electron chi connectivity index (χ1n) is 7.40. The molecule has 0 radical (unpaired) electrons. The van der Waals surface area contributed by atoms with Crippen LogP contribution in [0, 0.1) is 0 Å². The summed E-state index contributed by atoms with van der Waals surface area (Å²) >= 11 is 6.20. The number of hydrogen-bond donors (Lipinski definition) is 1. The fourth-order valence-corrected chi connectivity index (χ4v) is 3.04. The first kappa shape index (κ1) is 14.6. The van der Waals surface area contributed by atoms with Crippen LogP contribution < -0.4 is 5.56 Å². The molecule has 5 heteroatoms. The molecule has 1 N–H and O–H groups in total. The Bertz CT molecular complexity index is 1080. The lowest BCUT2D eigenvalue weighted by molar-refractivity contribution is 1.28. The van der Waals surface area contributed by atoms with Crippen LogP contribution in [0.5, 0.6) is 0 Å². The van der Waals surface area contributed by atoms with Crippen LogP contribution in [0.15, 0.2) is 72.0 Å². The van der Waals surface area contributed by atoms with Crippen LogP contribution in [0.4, 0.5) is 0 Å². The number of nitrogens with zero attached hydrogens (tertiary/aromatic N) is 2. The smallest absolute Gasteiger partial charge is 0.256 e. The number of aromatic nitrogens is 3. The van der Waals surface area contributed by atoms with Crippen molar-refractivity contribution in [3.63, 3.8) is 0 Å². The van der Waals surface area contributed by atoms with Gasteiger partial charge in [0.1, 0.15) is 0 Å². The summed E-state index contributed by atoms with van der Waals surface area (Å²) in [5.74, 6) is 0. The fraction of sp³-hybridized carbons (Fsp3) is 0. The number of aromatic amines is 1. The van der Waals surface area contributed by atoms with Gasteiger partial charge >= 0.3 is 0 Å². The van der Waals surface area contributed by atoms with Gasteiger partial charge in [-0.2, -0.15) is 0 Å². The average Bonchev–Trinajstić information content (AvgIpc) is 2.62. The van der Waals surface area contributed by atoms with E-state index in [9.17, 15) is 4.79 Å². The Kier molecular flexibility index (Phi) is 3.59. The van der Waals surface area contributed by atoms with Gasteiger partial charge in [-0.1, -0.05) is 17.7 Å². The molecule has 4 rings (SSSR count). The van der Waals surface area contributed by atoms with Gasteiger partial charge in [0.05, 0.1) is 5.56 Å². The lowest BCUT2D eigenvalue weighted by Crippen LogP contribution is -2.11. The largest absolute Gasteiger partial charge is 0.321 e. The molecular formula is C19H12ClN3O. The van der Waals surface area contributed by atoms with Gasteiger partial charge < -0.3 is 4.98 Å².